The minimum atomic E-state index is -4.64. The Kier molecular flexibility index (Phi) is 9.01. The molecule has 0 spiro atoms. The number of benzene rings is 4. The molecule has 0 radical (unpaired) electrons. The number of carbonyl (C=O) groups is 1. The molecule has 5 aromatic rings. The molecule has 0 unspecified atom stereocenters. The quantitative estimate of drug-likeness (QED) is 0.205. The summed E-state index contributed by atoms with van der Waals surface area (Å²) in [5.41, 5.74) is 6.29. The number of aliphatic hydroxyl groups is 1. The summed E-state index contributed by atoms with van der Waals surface area (Å²) < 4.78 is 34.7. The molecule has 0 atom stereocenters. The van der Waals surface area contributed by atoms with E-state index in [1.54, 1.807) is 0 Å². The molecule has 0 aliphatic carbocycles. The topological polar surface area (TPSA) is 67.2 Å². The molecule has 5 rings (SSSR count). The summed E-state index contributed by atoms with van der Waals surface area (Å²) in [5, 5.41) is 10.6. The number of aryl methyl sites for hydroxylation is 1. The van der Waals surface area contributed by atoms with Crippen LogP contribution in [0.2, 0.25) is 0 Å². The molecule has 2 N–H and O–H groups in total. The first-order chi connectivity index (χ1) is 19.2. The first kappa shape index (κ1) is 28.2. The van der Waals surface area contributed by atoms with Gasteiger partial charge in [0, 0.05) is 24.2 Å². The van der Waals surface area contributed by atoms with Crippen molar-refractivity contribution >= 4 is 22.6 Å². The Morgan fingerprint density at radius 3 is 1.98 bits per heavy atom. The summed E-state index contributed by atoms with van der Waals surface area (Å²) in [6, 6.07) is 36.6. The molecule has 0 saturated heterocycles. The predicted octanol–water partition coefficient (Wildman–Crippen LogP) is 7.94. The highest BCUT2D eigenvalue weighted by atomic mass is 19.4. The summed E-state index contributed by atoms with van der Waals surface area (Å²) in [7, 11) is 0. The number of imidazole rings is 1. The van der Waals surface area contributed by atoms with Gasteiger partial charge in [0.25, 0.3) is 0 Å². The number of amides is 1. The Bertz CT molecular complexity index is 1560. The van der Waals surface area contributed by atoms with Gasteiger partial charge in [-0.1, -0.05) is 79.4 Å². The number of aliphatic hydroxyl groups excluding tert-OH is 1. The monoisotopic (exact) mass is 543 g/mol. The number of nitrogens with zero attached hydrogens (tertiary/aromatic N) is 2. The standard InChI is InChI=1S/C29H25N3O.C3H3F3O/c33-28(20-15-22-9-3-1-4-10-22)30-25-18-16-24(17-19-25)29-31-26-13-7-8-14-27(26)32(29)21-23-11-5-2-6-12-23;1-2(7)3(4,5)6/h1-14,16-19H,15,20-21H2,(H,30,33);7H,1H2. The van der Waals surface area contributed by atoms with E-state index in [1.807, 2.05) is 78.9 Å². The van der Waals surface area contributed by atoms with Gasteiger partial charge in [-0.3, -0.25) is 4.79 Å². The van der Waals surface area contributed by atoms with Crippen LogP contribution in [0.25, 0.3) is 22.4 Å². The van der Waals surface area contributed by atoms with Crippen molar-refractivity contribution in [3.05, 3.63) is 133 Å². The Hall–Kier alpha value is -4.85. The van der Waals surface area contributed by atoms with Gasteiger partial charge in [-0.15, -0.1) is 0 Å². The summed E-state index contributed by atoms with van der Waals surface area (Å²) in [6.07, 6.45) is -3.45. The van der Waals surface area contributed by atoms with Gasteiger partial charge in [-0.25, -0.2) is 4.98 Å². The van der Waals surface area contributed by atoms with Crippen LogP contribution in [0, 0.1) is 0 Å². The Morgan fingerprint density at radius 1 is 0.825 bits per heavy atom. The molecule has 0 aliphatic heterocycles. The van der Waals surface area contributed by atoms with Crippen molar-refractivity contribution in [1.82, 2.24) is 9.55 Å². The molecule has 0 fully saturated rings. The van der Waals surface area contributed by atoms with Crippen molar-refractivity contribution in [2.45, 2.75) is 25.6 Å². The molecule has 1 aromatic heterocycles. The SMILES string of the molecule is C=C(O)C(F)(F)F.O=C(CCc1ccccc1)Nc1ccc(-c2nc3ccccc3n2Cc2ccccc2)cc1. The Morgan fingerprint density at radius 2 is 1.38 bits per heavy atom. The number of hydrogen-bond acceptors (Lipinski definition) is 3. The summed E-state index contributed by atoms with van der Waals surface area (Å²) in [6.45, 7) is 3.00. The highest BCUT2D eigenvalue weighted by Crippen LogP contribution is 2.27. The minimum absolute atomic E-state index is 0.0166. The van der Waals surface area contributed by atoms with Gasteiger partial charge < -0.3 is 15.0 Å². The van der Waals surface area contributed by atoms with Crippen molar-refractivity contribution in [3.8, 4) is 11.4 Å². The zero-order valence-electron chi connectivity index (χ0n) is 21.6. The average Bonchev–Trinajstić information content (AvgIpc) is 3.31. The number of carbonyl (C=O) groups excluding carboxylic acids is 1. The first-order valence-corrected chi connectivity index (χ1v) is 12.6. The number of alkyl halides is 3. The number of nitrogens with one attached hydrogen (secondary N) is 1. The van der Waals surface area contributed by atoms with Gasteiger partial charge >= 0.3 is 6.18 Å². The fourth-order valence-electron chi connectivity index (χ4n) is 4.05. The van der Waals surface area contributed by atoms with Crippen LogP contribution in [-0.4, -0.2) is 26.7 Å². The van der Waals surface area contributed by atoms with Crippen LogP contribution in [0.4, 0.5) is 18.9 Å². The number of para-hydroxylation sites is 2. The number of rotatable bonds is 7. The van der Waals surface area contributed by atoms with Crippen LogP contribution in [0.5, 0.6) is 0 Å². The van der Waals surface area contributed by atoms with Crippen molar-refractivity contribution in [1.29, 1.82) is 0 Å². The van der Waals surface area contributed by atoms with Crippen molar-refractivity contribution in [2.24, 2.45) is 0 Å². The van der Waals surface area contributed by atoms with Crippen LogP contribution < -0.4 is 5.32 Å². The number of fused-ring (bicyclic) bond motifs is 1. The smallest absolute Gasteiger partial charge is 0.448 e. The van der Waals surface area contributed by atoms with E-state index in [9.17, 15) is 18.0 Å². The lowest BCUT2D eigenvalue weighted by molar-refractivity contribution is -0.120. The third-order valence-corrected chi connectivity index (χ3v) is 6.08. The van der Waals surface area contributed by atoms with Gasteiger partial charge in [0.05, 0.1) is 11.0 Å². The van der Waals surface area contributed by atoms with E-state index in [2.05, 4.69) is 46.8 Å². The van der Waals surface area contributed by atoms with Crippen LogP contribution in [-0.2, 0) is 17.8 Å². The zero-order chi connectivity index (χ0) is 28.5. The molecule has 0 bridgehead atoms. The van der Waals surface area contributed by atoms with Crippen molar-refractivity contribution in [3.63, 3.8) is 0 Å². The number of hydrogen-bond donors (Lipinski definition) is 2. The number of anilines is 1. The molecule has 204 valence electrons. The average molecular weight is 544 g/mol. The third kappa shape index (κ3) is 7.60. The molecular formula is C32H28F3N3O2. The zero-order valence-corrected chi connectivity index (χ0v) is 21.6. The van der Waals surface area contributed by atoms with Crippen molar-refractivity contribution < 1.29 is 23.1 Å². The largest absolute Gasteiger partial charge is 0.505 e. The lowest BCUT2D eigenvalue weighted by atomic mass is 10.1. The fraction of sp³-hybridized carbons (Fsp3) is 0.125. The maximum Gasteiger partial charge on any atom is 0.448 e. The normalized spacial score (nSPS) is 11.0. The summed E-state index contributed by atoms with van der Waals surface area (Å²) >= 11 is 0. The van der Waals surface area contributed by atoms with E-state index in [0.717, 1.165) is 41.1 Å². The molecule has 4 aromatic carbocycles. The van der Waals surface area contributed by atoms with Crippen LogP contribution in [0.3, 0.4) is 0 Å². The Labute approximate surface area is 230 Å². The molecule has 1 amide bonds. The van der Waals surface area contributed by atoms with Crippen LogP contribution in [0.15, 0.2) is 122 Å². The van der Waals surface area contributed by atoms with Crippen LogP contribution >= 0.6 is 0 Å². The van der Waals surface area contributed by atoms with Gasteiger partial charge in [0.15, 0.2) is 5.76 Å². The van der Waals surface area contributed by atoms with Crippen LogP contribution in [0.1, 0.15) is 17.5 Å². The second kappa shape index (κ2) is 12.8. The lowest BCUT2D eigenvalue weighted by Crippen LogP contribution is -2.12. The highest BCUT2D eigenvalue weighted by molar-refractivity contribution is 5.91. The van der Waals surface area contributed by atoms with Gasteiger partial charge in [0.2, 0.25) is 5.91 Å². The van der Waals surface area contributed by atoms with E-state index in [4.69, 9.17) is 10.1 Å². The van der Waals surface area contributed by atoms with E-state index < -0.39 is 11.9 Å². The van der Waals surface area contributed by atoms with E-state index >= 15 is 0 Å². The minimum Gasteiger partial charge on any atom is -0.505 e. The first-order valence-electron chi connectivity index (χ1n) is 12.6. The molecule has 0 aliphatic rings. The second-order valence-electron chi connectivity index (χ2n) is 9.05. The third-order valence-electron chi connectivity index (χ3n) is 6.08. The maximum absolute atomic E-state index is 12.4. The van der Waals surface area contributed by atoms with Gasteiger partial charge in [-0.05, 0) is 53.9 Å². The molecule has 5 nitrogen and oxygen atoms in total. The fourth-order valence-corrected chi connectivity index (χ4v) is 4.05. The van der Waals surface area contributed by atoms with E-state index in [-0.39, 0.29) is 5.91 Å². The van der Waals surface area contributed by atoms with Gasteiger partial charge in [-0.2, -0.15) is 13.2 Å². The highest BCUT2D eigenvalue weighted by Gasteiger charge is 2.31. The number of aromatic nitrogens is 2. The number of halogens is 3. The molecule has 40 heavy (non-hydrogen) atoms. The van der Waals surface area contributed by atoms with Crippen molar-refractivity contribution in [2.75, 3.05) is 5.32 Å². The Balaban J connectivity index is 0.000000470. The molecule has 0 saturated carbocycles. The molecule has 1 heterocycles. The maximum atomic E-state index is 12.4. The van der Waals surface area contributed by atoms with Gasteiger partial charge in [0.1, 0.15) is 5.82 Å². The lowest BCUT2D eigenvalue weighted by Gasteiger charge is -2.11. The van der Waals surface area contributed by atoms with E-state index in [1.165, 1.54) is 11.1 Å². The number of allylic oxidation sites excluding steroid dienone is 1. The predicted molar refractivity (Wildman–Crippen MR) is 152 cm³/mol. The summed E-state index contributed by atoms with van der Waals surface area (Å²) in [5.74, 6) is -0.822. The second-order valence-corrected chi connectivity index (χ2v) is 9.05. The molecular weight excluding hydrogens is 515 g/mol. The van der Waals surface area contributed by atoms with E-state index in [0.29, 0.717) is 6.42 Å². The molecule has 8 heteroatoms. The summed E-state index contributed by atoms with van der Waals surface area (Å²) in [4.78, 5) is 17.3.